The number of nitrogens with zero attached hydrogens (tertiary/aromatic N) is 4. The lowest BCUT2D eigenvalue weighted by molar-refractivity contribution is -0.385. The summed E-state index contributed by atoms with van der Waals surface area (Å²) in [5.41, 5.74) is 0.480. The zero-order chi connectivity index (χ0) is 13.7. The van der Waals surface area contributed by atoms with Gasteiger partial charge in [0.05, 0.1) is 11.3 Å². The van der Waals surface area contributed by atoms with Crippen LogP contribution in [0.2, 0.25) is 0 Å². The maximum atomic E-state index is 10.6. The highest BCUT2D eigenvalue weighted by atomic mass is 16.6. The minimum Gasteiger partial charge on any atom is -0.370 e. The Kier molecular flexibility index (Phi) is 3.68. The molecule has 0 saturated carbocycles. The Balaban J connectivity index is 2.01. The fourth-order valence-electron chi connectivity index (χ4n) is 1.53. The fourth-order valence-corrected chi connectivity index (χ4v) is 1.53. The van der Waals surface area contributed by atoms with Gasteiger partial charge < -0.3 is 10.3 Å². The third-order valence-electron chi connectivity index (χ3n) is 2.43. The number of nitrogens with one attached hydrogen (secondary N) is 2. The number of hydrogen-bond acceptors (Lipinski definition) is 6. The van der Waals surface area contributed by atoms with Crippen LogP contribution in [0.15, 0.2) is 24.7 Å². The zero-order valence-electron chi connectivity index (χ0n) is 9.83. The molecule has 0 amide bonds. The molecule has 0 saturated heterocycles. The molecule has 0 radical (unpaired) electrons. The van der Waals surface area contributed by atoms with Crippen molar-refractivity contribution >= 4 is 11.5 Å². The first kappa shape index (κ1) is 12.5. The molecular formula is C11H10N6O2. The highest BCUT2D eigenvalue weighted by Gasteiger charge is 2.15. The van der Waals surface area contributed by atoms with Crippen molar-refractivity contribution in [3.8, 4) is 6.07 Å². The molecule has 19 heavy (non-hydrogen) atoms. The van der Waals surface area contributed by atoms with Crippen LogP contribution in [-0.2, 0) is 6.42 Å². The minimum absolute atomic E-state index is 0.198. The monoisotopic (exact) mass is 258 g/mol. The zero-order valence-corrected chi connectivity index (χ0v) is 9.83. The number of anilines is 1. The summed E-state index contributed by atoms with van der Waals surface area (Å²) in [4.78, 5) is 20.8. The van der Waals surface area contributed by atoms with Gasteiger partial charge in [0.1, 0.15) is 11.9 Å². The van der Waals surface area contributed by atoms with Gasteiger partial charge in [-0.2, -0.15) is 5.26 Å². The largest absolute Gasteiger partial charge is 0.370 e. The Labute approximate surface area is 108 Å². The predicted octanol–water partition coefficient (Wildman–Crippen LogP) is 1.24. The lowest BCUT2D eigenvalue weighted by Gasteiger charge is -2.04. The van der Waals surface area contributed by atoms with Gasteiger partial charge >= 0.3 is 5.69 Å². The number of nitriles is 1. The van der Waals surface area contributed by atoms with E-state index in [9.17, 15) is 10.1 Å². The number of imidazole rings is 1. The molecule has 2 aromatic rings. The van der Waals surface area contributed by atoms with E-state index < -0.39 is 4.92 Å². The SMILES string of the molecule is N#Cc1nc(NCCc2cnc[nH]2)ccc1[N+](=O)[O-]. The van der Waals surface area contributed by atoms with Crippen molar-refractivity contribution in [3.63, 3.8) is 0 Å². The van der Waals surface area contributed by atoms with E-state index in [0.717, 1.165) is 5.69 Å². The lowest BCUT2D eigenvalue weighted by atomic mass is 10.3. The van der Waals surface area contributed by atoms with Crippen LogP contribution in [0.25, 0.3) is 0 Å². The smallest absolute Gasteiger partial charge is 0.305 e. The summed E-state index contributed by atoms with van der Waals surface area (Å²) in [5, 5.41) is 22.4. The van der Waals surface area contributed by atoms with E-state index in [1.54, 1.807) is 18.6 Å². The number of aromatic amines is 1. The molecule has 0 aliphatic rings. The van der Waals surface area contributed by atoms with Gasteiger partial charge in [0, 0.05) is 30.9 Å². The fraction of sp³-hybridized carbons (Fsp3) is 0.182. The Bertz CT molecular complexity index is 617. The van der Waals surface area contributed by atoms with Crippen molar-refractivity contribution in [2.45, 2.75) is 6.42 Å². The van der Waals surface area contributed by atoms with Crippen LogP contribution in [0.3, 0.4) is 0 Å². The second-order valence-corrected chi connectivity index (χ2v) is 3.69. The molecule has 2 rings (SSSR count). The summed E-state index contributed by atoms with van der Waals surface area (Å²) >= 11 is 0. The average molecular weight is 258 g/mol. The van der Waals surface area contributed by atoms with Crippen LogP contribution < -0.4 is 5.32 Å². The summed E-state index contributed by atoms with van der Waals surface area (Å²) in [5.74, 6) is 0.432. The molecule has 0 aliphatic carbocycles. The quantitative estimate of drug-likeness (QED) is 0.614. The molecule has 0 aromatic carbocycles. The molecule has 0 unspecified atom stereocenters. The van der Waals surface area contributed by atoms with E-state index in [-0.39, 0.29) is 11.4 Å². The summed E-state index contributed by atoms with van der Waals surface area (Å²) < 4.78 is 0. The predicted molar refractivity (Wildman–Crippen MR) is 66.4 cm³/mol. The molecular weight excluding hydrogens is 248 g/mol. The van der Waals surface area contributed by atoms with Gasteiger partial charge in [0.25, 0.3) is 0 Å². The second kappa shape index (κ2) is 5.59. The molecule has 96 valence electrons. The molecule has 8 nitrogen and oxygen atoms in total. The molecule has 0 bridgehead atoms. The highest BCUT2D eigenvalue weighted by molar-refractivity contribution is 5.50. The Hall–Kier alpha value is -2.95. The lowest BCUT2D eigenvalue weighted by Crippen LogP contribution is -2.07. The first-order valence-corrected chi connectivity index (χ1v) is 5.47. The number of H-pyrrole nitrogens is 1. The summed E-state index contributed by atoms with van der Waals surface area (Å²) in [6.45, 7) is 0.581. The second-order valence-electron chi connectivity index (χ2n) is 3.69. The molecule has 2 aromatic heterocycles. The minimum atomic E-state index is -0.625. The number of nitro groups is 1. The molecule has 8 heteroatoms. The van der Waals surface area contributed by atoms with Gasteiger partial charge in [0.2, 0.25) is 5.69 Å². The van der Waals surface area contributed by atoms with Crippen LogP contribution in [0.1, 0.15) is 11.4 Å². The van der Waals surface area contributed by atoms with E-state index in [1.165, 1.54) is 12.1 Å². The van der Waals surface area contributed by atoms with E-state index in [0.29, 0.717) is 18.8 Å². The number of pyridine rings is 1. The van der Waals surface area contributed by atoms with Gasteiger partial charge in [-0.25, -0.2) is 9.97 Å². The van der Waals surface area contributed by atoms with Gasteiger partial charge in [-0.05, 0) is 6.07 Å². The first-order valence-electron chi connectivity index (χ1n) is 5.47. The topological polar surface area (TPSA) is 121 Å². The third kappa shape index (κ3) is 3.04. The normalized spacial score (nSPS) is 9.84. The molecule has 0 aliphatic heterocycles. The van der Waals surface area contributed by atoms with Crippen LogP contribution in [-0.4, -0.2) is 26.4 Å². The van der Waals surface area contributed by atoms with Crippen molar-refractivity contribution in [1.29, 1.82) is 5.26 Å². The Morgan fingerprint density at radius 3 is 3.00 bits per heavy atom. The third-order valence-corrected chi connectivity index (χ3v) is 2.43. The van der Waals surface area contributed by atoms with Gasteiger partial charge in [-0.3, -0.25) is 10.1 Å². The van der Waals surface area contributed by atoms with Crippen LogP contribution in [0.5, 0.6) is 0 Å². The molecule has 0 atom stereocenters. The summed E-state index contributed by atoms with van der Waals surface area (Å²) in [7, 11) is 0. The first-order chi connectivity index (χ1) is 9.20. The van der Waals surface area contributed by atoms with E-state index >= 15 is 0 Å². The van der Waals surface area contributed by atoms with E-state index in [2.05, 4.69) is 20.3 Å². The highest BCUT2D eigenvalue weighted by Crippen LogP contribution is 2.17. The van der Waals surface area contributed by atoms with Crippen molar-refractivity contribution < 1.29 is 4.92 Å². The molecule has 2 heterocycles. The maximum absolute atomic E-state index is 10.6. The van der Waals surface area contributed by atoms with E-state index in [4.69, 9.17) is 5.26 Å². The average Bonchev–Trinajstić information content (AvgIpc) is 2.91. The summed E-state index contributed by atoms with van der Waals surface area (Å²) in [6, 6.07) is 4.46. The van der Waals surface area contributed by atoms with Gasteiger partial charge in [-0.15, -0.1) is 0 Å². The standard InChI is InChI=1S/C11H10N6O2/c12-5-9-10(17(18)19)1-2-11(16-9)14-4-3-8-6-13-7-15-8/h1-2,6-7H,3-4H2,(H,13,15)(H,14,16). The van der Waals surface area contributed by atoms with Crippen molar-refractivity contribution in [2.24, 2.45) is 0 Å². The van der Waals surface area contributed by atoms with Crippen molar-refractivity contribution in [2.75, 3.05) is 11.9 Å². The van der Waals surface area contributed by atoms with Crippen LogP contribution in [0, 0.1) is 21.4 Å². The Morgan fingerprint density at radius 1 is 1.53 bits per heavy atom. The van der Waals surface area contributed by atoms with Crippen molar-refractivity contribution in [3.05, 3.63) is 46.2 Å². The molecule has 0 spiro atoms. The Morgan fingerprint density at radius 2 is 2.37 bits per heavy atom. The van der Waals surface area contributed by atoms with Gasteiger partial charge in [-0.1, -0.05) is 0 Å². The van der Waals surface area contributed by atoms with Crippen LogP contribution in [0.4, 0.5) is 11.5 Å². The van der Waals surface area contributed by atoms with Gasteiger partial charge in [0.15, 0.2) is 0 Å². The number of hydrogen-bond donors (Lipinski definition) is 2. The van der Waals surface area contributed by atoms with E-state index in [1.807, 2.05) is 0 Å². The molecule has 0 fully saturated rings. The number of aromatic nitrogens is 3. The molecule has 2 N–H and O–H groups in total. The van der Waals surface area contributed by atoms with Crippen molar-refractivity contribution in [1.82, 2.24) is 15.0 Å². The van der Waals surface area contributed by atoms with Crippen LogP contribution >= 0.6 is 0 Å². The summed E-state index contributed by atoms with van der Waals surface area (Å²) in [6.07, 6.45) is 4.01. The number of rotatable bonds is 5. The maximum Gasteiger partial charge on any atom is 0.305 e.